The summed E-state index contributed by atoms with van der Waals surface area (Å²) in [6, 6.07) is 3.44. The molecule has 1 aliphatic rings. The number of hydrogen-bond donors (Lipinski definition) is 3. The Morgan fingerprint density at radius 2 is 2.18 bits per heavy atom. The molecule has 0 aromatic carbocycles. The van der Waals surface area contributed by atoms with Crippen LogP contribution in [-0.4, -0.2) is 83.0 Å². The lowest BCUT2D eigenvalue weighted by molar-refractivity contribution is -0.138. The van der Waals surface area contributed by atoms with Crippen LogP contribution in [0.5, 0.6) is 0 Å². The summed E-state index contributed by atoms with van der Waals surface area (Å²) in [4.78, 5) is 28.4. The van der Waals surface area contributed by atoms with Gasteiger partial charge < -0.3 is 25.4 Å². The fourth-order valence-corrected chi connectivity index (χ4v) is 5.67. The average molecular weight is 545 g/mol. The maximum Gasteiger partial charge on any atom is 0.326 e. The fraction of sp³-hybridized carbons (Fsp3) is 0.556. The van der Waals surface area contributed by atoms with Crippen LogP contribution < -0.4 is 10.6 Å². The molecular formula is C27H37FN6O3S. The number of ether oxygens (including phenoxy) is 1. The predicted molar refractivity (Wildman–Crippen MR) is 149 cm³/mol. The van der Waals surface area contributed by atoms with Crippen LogP contribution in [-0.2, 0) is 22.4 Å². The number of methoxy groups -OCH3 is 1. The molecule has 0 radical (unpaired) electrons. The van der Waals surface area contributed by atoms with E-state index in [9.17, 15) is 14.3 Å². The van der Waals surface area contributed by atoms with Gasteiger partial charge in [-0.25, -0.2) is 24.1 Å². The fourth-order valence-electron chi connectivity index (χ4n) is 4.78. The summed E-state index contributed by atoms with van der Waals surface area (Å²) >= 11 is 1.51. The summed E-state index contributed by atoms with van der Waals surface area (Å²) in [5, 5.41) is 19.2. The number of carboxylic acid groups (broad SMARTS) is 1. The Labute approximate surface area is 226 Å². The van der Waals surface area contributed by atoms with Crippen molar-refractivity contribution in [1.82, 2.24) is 19.9 Å². The van der Waals surface area contributed by atoms with Gasteiger partial charge in [0.05, 0.1) is 11.5 Å². The minimum Gasteiger partial charge on any atom is -0.480 e. The molecule has 0 spiro atoms. The van der Waals surface area contributed by atoms with Gasteiger partial charge in [0.25, 0.3) is 0 Å². The molecule has 0 amide bonds. The lowest BCUT2D eigenvalue weighted by atomic mass is 10.1. The summed E-state index contributed by atoms with van der Waals surface area (Å²) in [5.74, 6) is 0.579. The number of anilines is 2. The van der Waals surface area contributed by atoms with Crippen molar-refractivity contribution in [3.05, 3.63) is 40.7 Å². The van der Waals surface area contributed by atoms with Gasteiger partial charge in [-0.05, 0) is 74.6 Å². The lowest BCUT2D eigenvalue weighted by Crippen LogP contribution is -2.39. The lowest BCUT2D eigenvalue weighted by Gasteiger charge is -2.27. The van der Waals surface area contributed by atoms with Gasteiger partial charge in [0.1, 0.15) is 35.5 Å². The van der Waals surface area contributed by atoms with Crippen molar-refractivity contribution in [3.63, 3.8) is 0 Å². The van der Waals surface area contributed by atoms with E-state index in [0.29, 0.717) is 25.3 Å². The number of carbonyl (C=O) groups is 1. The van der Waals surface area contributed by atoms with Crippen molar-refractivity contribution in [3.8, 4) is 0 Å². The first kappa shape index (κ1) is 28.1. The molecule has 2 atom stereocenters. The van der Waals surface area contributed by atoms with Gasteiger partial charge in [0, 0.05) is 32.4 Å². The van der Waals surface area contributed by atoms with E-state index in [-0.39, 0.29) is 0 Å². The highest BCUT2D eigenvalue weighted by Crippen LogP contribution is 2.29. The Kier molecular flexibility index (Phi) is 10.2. The van der Waals surface area contributed by atoms with Crippen molar-refractivity contribution in [2.24, 2.45) is 0 Å². The molecule has 1 unspecified atom stereocenters. The van der Waals surface area contributed by atoms with E-state index in [4.69, 9.17) is 9.72 Å². The Morgan fingerprint density at radius 3 is 2.97 bits per heavy atom. The number of nitrogens with one attached hydrogen (secondary N) is 2. The monoisotopic (exact) mass is 544 g/mol. The van der Waals surface area contributed by atoms with Gasteiger partial charge in [-0.1, -0.05) is 6.07 Å². The first-order valence-electron chi connectivity index (χ1n) is 13.2. The number of rotatable bonds is 15. The summed E-state index contributed by atoms with van der Waals surface area (Å²) in [5.41, 5.74) is 3.36. The Bertz CT molecular complexity index is 1200. The molecule has 1 aliphatic heterocycles. The SMILES string of the molecule is CO[C@H](CF)CN(CCCCc1ccc2c(n1)NCCC2)CCC(Nc1ncnc2scc(C)c12)C(=O)O. The highest BCUT2D eigenvalue weighted by atomic mass is 32.1. The molecule has 0 saturated carbocycles. The highest BCUT2D eigenvalue weighted by molar-refractivity contribution is 7.17. The summed E-state index contributed by atoms with van der Waals surface area (Å²) in [7, 11) is 1.50. The highest BCUT2D eigenvalue weighted by Gasteiger charge is 2.22. The number of alkyl halides is 1. The van der Waals surface area contributed by atoms with Gasteiger partial charge in [-0.15, -0.1) is 11.3 Å². The number of aryl methyl sites for hydroxylation is 3. The molecular weight excluding hydrogens is 507 g/mol. The number of hydrogen-bond acceptors (Lipinski definition) is 9. The molecule has 206 valence electrons. The van der Waals surface area contributed by atoms with Crippen LogP contribution >= 0.6 is 11.3 Å². The standard InChI is InChI=1S/C27H37FN6O3S/c1-18-16-38-26-23(18)25(30-17-31-26)33-22(27(35)36)10-13-34(15-21(14-28)37-2)12-4-3-7-20-9-8-19-6-5-11-29-24(19)32-20/h8-9,16-17,21-22H,3-7,10-15H2,1-2H3,(H,29,32)(H,35,36)(H,30,31,33)/t21-,22?/m1/s1. The first-order chi connectivity index (χ1) is 18.5. The van der Waals surface area contributed by atoms with E-state index < -0.39 is 24.8 Å². The van der Waals surface area contributed by atoms with Gasteiger partial charge in [0.2, 0.25) is 0 Å². The topological polar surface area (TPSA) is 113 Å². The number of fused-ring (bicyclic) bond motifs is 2. The van der Waals surface area contributed by atoms with E-state index in [1.54, 1.807) is 0 Å². The van der Waals surface area contributed by atoms with Crippen LogP contribution in [0.15, 0.2) is 23.8 Å². The summed E-state index contributed by atoms with van der Waals surface area (Å²) in [6.45, 7) is 3.95. The van der Waals surface area contributed by atoms with E-state index in [0.717, 1.165) is 72.5 Å². The van der Waals surface area contributed by atoms with Crippen molar-refractivity contribution >= 4 is 39.2 Å². The van der Waals surface area contributed by atoms with Crippen LogP contribution in [0.2, 0.25) is 0 Å². The van der Waals surface area contributed by atoms with E-state index in [1.807, 2.05) is 12.3 Å². The number of aromatic nitrogens is 3. The minimum absolute atomic E-state index is 0.338. The molecule has 3 aromatic heterocycles. The average Bonchev–Trinajstić information content (AvgIpc) is 3.32. The second kappa shape index (κ2) is 13.8. The van der Waals surface area contributed by atoms with E-state index in [1.165, 1.54) is 30.3 Å². The second-order valence-electron chi connectivity index (χ2n) is 9.76. The third-order valence-electron chi connectivity index (χ3n) is 6.97. The van der Waals surface area contributed by atoms with Crippen LogP contribution in [0.1, 0.15) is 42.5 Å². The molecule has 38 heavy (non-hydrogen) atoms. The number of thiophene rings is 1. The molecule has 9 nitrogen and oxygen atoms in total. The predicted octanol–water partition coefficient (Wildman–Crippen LogP) is 4.32. The van der Waals surface area contributed by atoms with Crippen LogP contribution in [0.4, 0.5) is 16.0 Å². The number of carboxylic acids is 1. The zero-order valence-electron chi connectivity index (χ0n) is 22.1. The van der Waals surface area contributed by atoms with Crippen molar-refractivity contribution in [1.29, 1.82) is 0 Å². The van der Waals surface area contributed by atoms with Crippen LogP contribution in [0, 0.1) is 6.92 Å². The van der Waals surface area contributed by atoms with Crippen molar-refractivity contribution in [2.45, 2.75) is 57.6 Å². The van der Waals surface area contributed by atoms with Crippen LogP contribution in [0.3, 0.4) is 0 Å². The van der Waals surface area contributed by atoms with Gasteiger partial charge >= 0.3 is 5.97 Å². The second-order valence-corrected chi connectivity index (χ2v) is 10.6. The molecule has 3 N–H and O–H groups in total. The number of aliphatic carboxylic acids is 1. The summed E-state index contributed by atoms with van der Waals surface area (Å²) < 4.78 is 18.7. The smallest absolute Gasteiger partial charge is 0.326 e. The van der Waals surface area contributed by atoms with Crippen molar-refractivity contribution < 1.29 is 19.0 Å². The molecule has 0 bridgehead atoms. The van der Waals surface area contributed by atoms with Gasteiger partial charge in [0.15, 0.2) is 0 Å². The van der Waals surface area contributed by atoms with Crippen LogP contribution in [0.25, 0.3) is 10.2 Å². The zero-order valence-corrected chi connectivity index (χ0v) is 22.9. The number of halogens is 1. The number of pyridine rings is 1. The zero-order chi connectivity index (χ0) is 26.9. The van der Waals surface area contributed by atoms with Gasteiger partial charge in [-0.2, -0.15) is 0 Å². The third kappa shape index (κ3) is 7.36. The molecule has 0 aliphatic carbocycles. The largest absolute Gasteiger partial charge is 0.480 e. The minimum atomic E-state index is -0.953. The molecule has 11 heteroatoms. The molecule has 4 heterocycles. The molecule has 4 rings (SSSR count). The quantitative estimate of drug-likeness (QED) is 0.241. The number of nitrogens with zero attached hydrogens (tertiary/aromatic N) is 4. The molecule has 0 fully saturated rings. The number of unbranched alkanes of at least 4 members (excludes halogenated alkanes) is 1. The third-order valence-corrected chi connectivity index (χ3v) is 7.98. The normalized spacial score (nSPS) is 14.7. The van der Waals surface area contributed by atoms with E-state index in [2.05, 4.69) is 37.6 Å². The van der Waals surface area contributed by atoms with E-state index >= 15 is 0 Å². The van der Waals surface area contributed by atoms with Gasteiger partial charge in [-0.3, -0.25) is 0 Å². The Morgan fingerprint density at radius 1 is 1.32 bits per heavy atom. The Balaban J connectivity index is 1.34. The Hall–Kier alpha value is -2.89. The maximum atomic E-state index is 13.5. The first-order valence-corrected chi connectivity index (χ1v) is 14.1. The molecule has 3 aromatic rings. The molecule has 0 saturated heterocycles. The summed E-state index contributed by atoms with van der Waals surface area (Å²) in [6.07, 6.45) is 6.14. The maximum absolute atomic E-state index is 13.5. The van der Waals surface area contributed by atoms with Crippen molar-refractivity contribution in [2.75, 3.05) is 50.6 Å².